The number of nitrogens with zero attached hydrogens (tertiary/aromatic N) is 1. The van der Waals surface area contributed by atoms with E-state index >= 15 is 0 Å². The van der Waals surface area contributed by atoms with Gasteiger partial charge in [0.05, 0.1) is 12.7 Å². The Bertz CT molecular complexity index is 565. The molecule has 1 N–H and O–H groups in total. The van der Waals surface area contributed by atoms with Crippen LogP contribution in [0.5, 0.6) is 0 Å². The van der Waals surface area contributed by atoms with Gasteiger partial charge < -0.3 is 9.73 Å². The average Bonchev–Trinajstić information content (AvgIpc) is 2.94. The van der Waals surface area contributed by atoms with Crippen molar-refractivity contribution < 1.29 is 4.42 Å². The van der Waals surface area contributed by atoms with Gasteiger partial charge in [0, 0.05) is 10.5 Å². The summed E-state index contributed by atoms with van der Waals surface area (Å²) in [6.07, 6.45) is 4.02. The summed E-state index contributed by atoms with van der Waals surface area (Å²) >= 11 is 3.62. The molecular formula is C14H15BrN2O. The monoisotopic (exact) mass is 306 g/mol. The predicted molar refractivity (Wildman–Crippen MR) is 73.3 cm³/mol. The van der Waals surface area contributed by atoms with E-state index in [1.165, 1.54) is 15.6 Å². The maximum atomic E-state index is 5.47. The summed E-state index contributed by atoms with van der Waals surface area (Å²) in [6.45, 7) is 2.60. The zero-order valence-electron chi connectivity index (χ0n) is 10.2. The first-order chi connectivity index (χ1) is 8.74. The Kier molecular flexibility index (Phi) is 3.22. The number of halogens is 1. The fraction of sp³-hybridized carbons (Fsp3) is 0.357. The summed E-state index contributed by atoms with van der Waals surface area (Å²) < 4.78 is 6.69. The molecule has 0 saturated heterocycles. The smallest absolute Gasteiger partial charge is 0.208 e. The Labute approximate surface area is 115 Å². The largest absolute Gasteiger partial charge is 0.445 e. The van der Waals surface area contributed by atoms with Crippen molar-refractivity contribution in [3.05, 3.63) is 51.6 Å². The molecule has 1 aliphatic rings. The van der Waals surface area contributed by atoms with Crippen LogP contribution >= 0.6 is 15.9 Å². The van der Waals surface area contributed by atoms with Crippen molar-refractivity contribution in [2.24, 2.45) is 0 Å². The lowest BCUT2D eigenvalue weighted by Crippen LogP contribution is -2.18. The molecule has 0 saturated carbocycles. The molecule has 0 fully saturated rings. The fourth-order valence-electron chi connectivity index (χ4n) is 2.52. The van der Waals surface area contributed by atoms with Crippen LogP contribution in [0, 0.1) is 6.92 Å². The molecule has 0 aliphatic heterocycles. The number of nitrogens with one attached hydrogen (secondary N) is 1. The van der Waals surface area contributed by atoms with Crippen LogP contribution in [0.2, 0.25) is 0 Å². The highest BCUT2D eigenvalue weighted by Gasteiger charge is 2.23. The highest BCUT2D eigenvalue weighted by molar-refractivity contribution is 9.10. The average molecular weight is 307 g/mol. The Morgan fingerprint density at radius 1 is 1.50 bits per heavy atom. The Hall–Kier alpha value is -1.13. The maximum Gasteiger partial charge on any atom is 0.208 e. The number of aryl methyl sites for hydroxylation is 1. The molecular weight excluding hydrogens is 292 g/mol. The number of oxazole rings is 1. The van der Waals surface area contributed by atoms with Crippen molar-refractivity contribution in [3.63, 3.8) is 0 Å². The summed E-state index contributed by atoms with van der Waals surface area (Å²) in [4.78, 5) is 4.21. The molecule has 94 valence electrons. The minimum Gasteiger partial charge on any atom is -0.445 e. The Balaban J connectivity index is 1.71. The third kappa shape index (κ3) is 2.22. The molecule has 1 unspecified atom stereocenters. The lowest BCUT2D eigenvalue weighted by Gasteiger charge is -2.12. The van der Waals surface area contributed by atoms with Gasteiger partial charge in [0.15, 0.2) is 0 Å². The molecule has 0 amide bonds. The molecule has 3 rings (SSSR count). The minimum absolute atomic E-state index is 0.407. The second-order valence-electron chi connectivity index (χ2n) is 4.64. The van der Waals surface area contributed by atoms with Crippen molar-refractivity contribution >= 4 is 15.9 Å². The fourth-order valence-corrected chi connectivity index (χ4v) is 3.10. The van der Waals surface area contributed by atoms with E-state index in [0.717, 1.165) is 24.5 Å². The molecule has 1 atom stereocenters. The van der Waals surface area contributed by atoms with Gasteiger partial charge in [-0.1, -0.05) is 28.1 Å². The van der Waals surface area contributed by atoms with Crippen LogP contribution in [0.1, 0.15) is 35.2 Å². The first-order valence-electron chi connectivity index (χ1n) is 6.16. The van der Waals surface area contributed by atoms with Crippen LogP contribution < -0.4 is 5.32 Å². The molecule has 3 nitrogen and oxygen atoms in total. The summed E-state index contributed by atoms with van der Waals surface area (Å²) in [5.74, 6) is 1.62. The van der Waals surface area contributed by atoms with Gasteiger partial charge in [-0.2, -0.15) is 0 Å². The van der Waals surface area contributed by atoms with Gasteiger partial charge in [0.2, 0.25) is 5.89 Å². The van der Waals surface area contributed by atoms with Gasteiger partial charge in [-0.15, -0.1) is 0 Å². The van der Waals surface area contributed by atoms with E-state index in [9.17, 15) is 0 Å². The van der Waals surface area contributed by atoms with Gasteiger partial charge in [-0.05, 0) is 37.0 Å². The third-order valence-electron chi connectivity index (χ3n) is 3.38. The van der Waals surface area contributed by atoms with Gasteiger partial charge in [0.1, 0.15) is 5.76 Å². The second kappa shape index (κ2) is 4.86. The lowest BCUT2D eigenvalue weighted by molar-refractivity contribution is 0.423. The Morgan fingerprint density at radius 2 is 2.39 bits per heavy atom. The maximum absolute atomic E-state index is 5.47. The summed E-state index contributed by atoms with van der Waals surface area (Å²) in [5.41, 5.74) is 2.83. The van der Waals surface area contributed by atoms with E-state index in [2.05, 4.69) is 44.4 Å². The number of aromatic nitrogens is 1. The molecule has 4 heteroatoms. The van der Waals surface area contributed by atoms with Crippen molar-refractivity contribution in [3.8, 4) is 0 Å². The minimum atomic E-state index is 0.407. The molecule has 0 spiro atoms. The van der Waals surface area contributed by atoms with E-state index in [0.29, 0.717) is 12.6 Å². The molecule has 1 aromatic carbocycles. The van der Waals surface area contributed by atoms with Crippen LogP contribution in [-0.2, 0) is 13.0 Å². The summed E-state index contributed by atoms with van der Waals surface area (Å²) in [7, 11) is 0. The van der Waals surface area contributed by atoms with Gasteiger partial charge in [-0.25, -0.2) is 4.98 Å². The Morgan fingerprint density at radius 3 is 3.17 bits per heavy atom. The van der Waals surface area contributed by atoms with Crippen LogP contribution in [0.3, 0.4) is 0 Å². The predicted octanol–water partition coefficient (Wildman–Crippen LogP) is 3.52. The highest BCUT2D eigenvalue weighted by Crippen LogP contribution is 2.35. The van der Waals surface area contributed by atoms with Gasteiger partial charge >= 0.3 is 0 Å². The van der Waals surface area contributed by atoms with Crippen LogP contribution in [0.25, 0.3) is 0 Å². The van der Waals surface area contributed by atoms with Crippen molar-refractivity contribution in [2.45, 2.75) is 32.4 Å². The molecule has 1 aliphatic carbocycles. The standard InChI is InChI=1S/C14H15BrN2O/c1-9-7-17-14(18-9)8-16-13-6-5-10-11(13)3-2-4-12(10)15/h2-4,7,13,16H,5-6,8H2,1H3. The lowest BCUT2D eigenvalue weighted by atomic mass is 10.1. The molecule has 2 aromatic rings. The zero-order valence-corrected chi connectivity index (χ0v) is 11.8. The SMILES string of the molecule is Cc1cnc(CNC2CCc3c(Br)cccc32)o1. The van der Waals surface area contributed by atoms with Crippen molar-refractivity contribution in [1.82, 2.24) is 10.3 Å². The summed E-state index contributed by atoms with van der Waals surface area (Å²) in [6, 6.07) is 6.81. The van der Waals surface area contributed by atoms with Crippen LogP contribution in [0.15, 0.2) is 33.3 Å². The number of hydrogen-bond acceptors (Lipinski definition) is 3. The van der Waals surface area contributed by atoms with Gasteiger partial charge in [0.25, 0.3) is 0 Å². The second-order valence-corrected chi connectivity index (χ2v) is 5.50. The topological polar surface area (TPSA) is 38.1 Å². The molecule has 0 radical (unpaired) electrons. The normalized spacial score (nSPS) is 18.0. The highest BCUT2D eigenvalue weighted by atomic mass is 79.9. The van der Waals surface area contributed by atoms with E-state index < -0.39 is 0 Å². The molecule has 18 heavy (non-hydrogen) atoms. The van der Waals surface area contributed by atoms with Crippen molar-refractivity contribution in [1.29, 1.82) is 0 Å². The number of rotatable bonds is 3. The van der Waals surface area contributed by atoms with E-state index in [4.69, 9.17) is 4.42 Å². The first kappa shape index (κ1) is 11.9. The number of fused-ring (bicyclic) bond motifs is 1. The zero-order chi connectivity index (χ0) is 12.5. The van der Waals surface area contributed by atoms with Gasteiger partial charge in [-0.3, -0.25) is 0 Å². The number of hydrogen-bond donors (Lipinski definition) is 1. The van der Waals surface area contributed by atoms with Crippen molar-refractivity contribution in [2.75, 3.05) is 0 Å². The molecule has 1 aromatic heterocycles. The van der Waals surface area contributed by atoms with E-state index in [1.54, 1.807) is 6.20 Å². The van der Waals surface area contributed by atoms with E-state index in [1.807, 2.05) is 6.92 Å². The molecule has 0 bridgehead atoms. The number of benzene rings is 1. The van der Waals surface area contributed by atoms with Crippen LogP contribution in [0.4, 0.5) is 0 Å². The quantitative estimate of drug-likeness (QED) is 0.943. The molecule has 1 heterocycles. The summed E-state index contributed by atoms with van der Waals surface area (Å²) in [5, 5.41) is 3.52. The first-order valence-corrected chi connectivity index (χ1v) is 6.95. The third-order valence-corrected chi connectivity index (χ3v) is 4.13. The van der Waals surface area contributed by atoms with E-state index in [-0.39, 0.29) is 0 Å². The van der Waals surface area contributed by atoms with Crippen LogP contribution in [-0.4, -0.2) is 4.98 Å².